The fraction of sp³-hybridized carbons (Fsp3) is 0.167. The van der Waals surface area contributed by atoms with Gasteiger partial charge in [0.25, 0.3) is 0 Å². The Morgan fingerprint density at radius 1 is 1.33 bits per heavy atom. The minimum Gasteiger partial charge on any atom is -0.476 e. The number of nitrogens with zero attached hydrogens (tertiary/aromatic N) is 1. The van der Waals surface area contributed by atoms with E-state index in [-0.39, 0.29) is 12.5 Å². The standard InChI is InChI=1S/C12H9NO5/c1-6-2-7(11-10(3-6)16-5-17-11)9-4-8(12(14)15)13-18-9/h2-4H,5H2,1H3,(H,14,15). The van der Waals surface area contributed by atoms with E-state index in [4.69, 9.17) is 19.1 Å². The van der Waals surface area contributed by atoms with Crippen molar-refractivity contribution < 1.29 is 23.9 Å². The number of benzene rings is 1. The Bertz CT molecular complexity index is 631. The molecule has 92 valence electrons. The highest BCUT2D eigenvalue weighted by molar-refractivity contribution is 5.87. The van der Waals surface area contributed by atoms with E-state index in [2.05, 4.69) is 5.16 Å². The molecule has 2 aromatic rings. The van der Waals surface area contributed by atoms with Gasteiger partial charge in [0.2, 0.25) is 6.79 Å². The van der Waals surface area contributed by atoms with Crippen molar-refractivity contribution in [2.75, 3.05) is 6.79 Å². The second kappa shape index (κ2) is 3.76. The fourth-order valence-electron chi connectivity index (χ4n) is 1.83. The summed E-state index contributed by atoms with van der Waals surface area (Å²) in [4.78, 5) is 10.8. The van der Waals surface area contributed by atoms with Crippen LogP contribution in [0.25, 0.3) is 11.3 Å². The second-order valence-electron chi connectivity index (χ2n) is 3.93. The summed E-state index contributed by atoms with van der Waals surface area (Å²) >= 11 is 0. The van der Waals surface area contributed by atoms with E-state index in [0.29, 0.717) is 22.8 Å². The van der Waals surface area contributed by atoms with Gasteiger partial charge < -0.3 is 19.1 Å². The summed E-state index contributed by atoms with van der Waals surface area (Å²) in [5, 5.41) is 12.3. The van der Waals surface area contributed by atoms with E-state index in [1.807, 2.05) is 19.1 Å². The Morgan fingerprint density at radius 2 is 2.17 bits per heavy atom. The molecule has 1 aliphatic heterocycles. The normalized spacial score (nSPS) is 12.7. The Balaban J connectivity index is 2.13. The highest BCUT2D eigenvalue weighted by Crippen LogP contribution is 2.42. The molecule has 0 amide bonds. The summed E-state index contributed by atoms with van der Waals surface area (Å²) in [6.07, 6.45) is 0. The number of hydrogen-bond donors (Lipinski definition) is 1. The number of carboxylic acid groups (broad SMARTS) is 1. The summed E-state index contributed by atoms with van der Waals surface area (Å²) in [6.45, 7) is 2.05. The van der Waals surface area contributed by atoms with Gasteiger partial charge in [-0.25, -0.2) is 4.79 Å². The summed E-state index contributed by atoms with van der Waals surface area (Å²) in [5.74, 6) is 0.385. The molecule has 0 bridgehead atoms. The van der Waals surface area contributed by atoms with Gasteiger partial charge in [0.05, 0.1) is 5.56 Å². The van der Waals surface area contributed by atoms with Crippen molar-refractivity contribution in [2.45, 2.75) is 6.92 Å². The molecule has 0 aliphatic carbocycles. The molecule has 1 aromatic heterocycles. The van der Waals surface area contributed by atoms with Crippen molar-refractivity contribution in [3.8, 4) is 22.8 Å². The van der Waals surface area contributed by atoms with Gasteiger partial charge in [0.1, 0.15) is 0 Å². The zero-order valence-electron chi connectivity index (χ0n) is 9.47. The number of fused-ring (bicyclic) bond motifs is 1. The van der Waals surface area contributed by atoms with Crippen LogP contribution in [-0.4, -0.2) is 23.0 Å². The van der Waals surface area contributed by atoms with Gasteiger partial charge in [-0.15, -0.1) is 0 Å². The number of ether oxygens (including phenoxy) is 2. The molecular formula is C12H9NO5. The maximum Gasteiger partial charge on any atom is 0.358 e. The summed E-state index contributed by atoms with van der Waals surface area (Å²) < 4.78 is 15.7. The van der Waals surface area contributed by atoms with Gasteiger partial charge in [-0.3, -0.25) is 0 Å². The molecule has 1 aromatic carbocycles. The minimum atomic E-state index is -1.13. The van der Waals surface area contributed by atoms with Crippen LogP contribution >= 0.6 is 0 Å². The van der Waals surface area contributed by atoms with Crippen LogP contribution in [0.15, 0.2) is 22.7 Å². The smallest absolute Gasteiger partial charge is 0.358 e. The maximum absolute atomic E-state index is 10.8. The SMILES string of the molecule is Cc1cc2c(c(-c3cc(C(=O)O)no3)c1)OCO2. The zero-order valence-corrected chi connectivity index (χ0v) is 9.47. The van der Waals surface area contributed by atoms with E-state index >= 15 is 0 Å². The summed E-state index contributed by atoms with van der Waals surface area (Å²) in [7, 11) is 0. The first-order valence-electron chi connectivity index (χ1n) is 5.26. The fourth-order valence-corrected chi connectivity index (χ4v) is 1.83. The Labute approximate surface area is 102 Å². The summed E-state index contributed by atoms with van der Waals surface area (Å²) in [5.41, 5.74) is 1.46. The van der Waals surface area contributed by atoms with Crippen LogP contribution in [0.4, 0.5) is 0 Å². The lowest BCUT2D eigenvalue weighted by Gasteiger charge is -2.03. The van der Waals surface area contributed by atoms with Crippen molar-refractivity contribution in [3.05, 3.63) is 29.5 Å². The van der Waals surface area contributed by atoms with E-state index in [0.717, 1.165) is 5.56 Å². The molecule has 1 N–H and O–H groups in total. The van der Waals surface area contributed by atoms with Crippen LogP contribution in [-0.2, 0) is 0 Å². The third kappa shape index (κ3) is 1.58. The highest BCUT2D eigenvalue weighted by atomic mass is 16.7. The van der Waals surface area contributed by atoms with E-state index in [1.165, 1.54) is 6.07 Å². The van der Waals surface area contributed by atoms with Crippen LogP contribution in [0, 0.1) is 6.92 Å². The number of hydrogen-bond acceptors (Lipinski definition) is 5. The minimum absolute atomic E-state index is 0.140. The molecule has 0 saturated carbocycles. The quantitative estimate of drug-likeness (QED) is 0.874. The van der Waals surface area contributed by atoms with Gasteiger partial charge in [-0.1, -0.05) is 5.16 Å². The predicted molar refractivity (Wildman–Crippen MR) is 59.8 cm³/mol. The van der Waals surface area contributed by atoms with E-state index in [9.17, 15) is 4.79 Å². The van der Waals surface area contributed by atoms with Crippen LogP contribution in [0.2, 0.25) is 0 Å². The summed E-state index contributed by atoms with van der Waals surface area (Å²) in [6, 6.07) is 5.04. The lowest BCUT2D eigenvalue weighted by Crippen LogP contribution is -1.94. The van der Waals surface area contributed by atoms with Crippen molar-refractivity contribution >= 4 is 5.97 Å². The Kier molecular flexibility index (Phi) is 2.22. The molecule has 6 heteroatoms. The van der Waals surface area contributed by atoms with Crippen molar-refractivity contribution in [1.82, 2.24) is 5.16 Å². The zero-order chi connectivity index (χ0) is 12.7. The van der Waals surface area contributed by atoms with Crippen molar-refractivity contribution in [2.24, 2.45) is 0 Å². The molecule has 0 saturated heterocycles. The number of rotatable bonds is 2. The molecule has 18 heavy (non-hydrogen) atoms. The molecule has 0 unspecified atom stereocenters. The molecule has 2 heterocycles. The largest absolute Gasteiger partial charge is 0.476 e. The van der Waals surface area contributed by atoms with E-state index < -0.39 is 5.97 Å². The third-order valence-electron chi connectivity index (χ3n) is 2.61. The van der Waals surface area contributed by atoms with Gasteiger partial charge in [-0.05, 0) is 24.6 Å². The Morgan fingerprint density at radius 3 is 2.89 bits per heavy atom. The average Bonchev–Trinajstić information content (AvgIpc) is 2.95. The molecule has 3 rings (SSSR count). The third-order valence-corrected chi connectivity index (χ3v) is 2.61. The maximum atomic E-state index is 10.8. The number of carboxylic acids is 1. The molecule has 0 spiro atoms. The van der Waals surface area contributed by atoms with Gasteiger partial charge in [0, 0.05) is 6.07 Å². The first-order chi connectivity index (χ1) is 8.65. The number of aromatic carboxylic acids is 1. The Hall–Kier alpha value is -2.50. The molecule has 1 aliphatic rings. The average molecular weight is 247 g/mol. The van der Waals surface area contributed by atoms with Gasteiger partial charge >= 0.3 is 5.97 Å². The van der Waals surface area contributed by atoms with Crippen LogP contribution in [0.5, 0.6) is 11.5 Å². The lowest BCUT2D eigenvalue weighted by atomic mass is 10.1. The van der Waals surface area contributed by atoms with Crippen LogP contribution in [0.1, 0.15) is 16.1 Å². The number of carbonyl (C=O) groups is 1. The highest BCUT2D eigenvalue weighted by Gasteiger charge is 2.23. The van der Waals surface area contributed by atoms with Crippen LogP contribution < -0.4 is 9.47 Å². The van der Waals surface area contributed by atoms with E-state index in [1.54, 1.807) is 0 Å². The first-order valence-corrected chi connectivity index (χ1v) is 5.26. The molecule has 0 atom stereocenters. The first kappa shape index (κ1) is 10.6. The predicted octanol–water partition coefficient (Wildman–Crippen LogP) is 2.08. The molecule has 0 radical (unpaired) electrons. The van der Waals surface area contributed by atoms with Crippen molar-refractivity contribution in [1.29, 1.82) is 0 Å². The molecule has 0 fully saturated rings. The topological polar surface area (TPSA) is 81.8 Å². The van der Waals surface area contributed by atoms with Gasteiger partial charge in [-0.2, -0.15) is 0 Å². The molecule has 6 nitrogen and oxygen atoms in total. The molecular weight excluding hydrogens is 238 g/mol. The lowest BCUT2D eigenvalue weighted by molar-refractivity contribution is 0.0686. The van der Waals surface area contributed by atoms with Crippen molar-refractivity contribution in [3.63, 3.8) is 0 Å². The number of aromatic nitrogens is 1. The second-order valence-corrected chi connectivity index (χ2v) is 3.93. The van der Waals surface area contributed by atoms with Crippen LogP contribution in [0.3, 0.4) is 0 Å². The number of aryl methyl sites for hydroxylation is 1. The van der Waals surface area contributed by atoms with Gasteiger partial charge in [0.15, 0.2) is 23.0 Å². The monoisotopic (exact) mass is 247 g/mol.